The Morgan fingerprint density at radius 1 is 1.24 bits per heavy atom. The molecule has 25 heavy (non-hydrogen) atoms. The lowest BCUT2D eigenvalue weighted by molar-refractivity contribution is -0.129. The van der Waals surface area contributed by atoms with Gasteiger partial charge in [0.15, 0.2) is 17.2 Å². The van der Waals surface area contributed by atoms with Crippen LogP contribution in [0.4, 0.5) is 0 Å². The van der Waals surface area contributed by atoms with Gasteiger partial charge in [-0.1, -0.05) is 23.7 Å². The average molecular weight is 358 g/mol. The maximum atomic E-state index is 12.1. The zero-order valence-electron chi connectivity index (χ0n) is 13.1. The number of esters is 1. The van der Waals surface area contributed by atoms with E-state index in [0.29, 0.717) is 33.4 Å². The lowest BCUT2D eigenvalue weighted by Gasteiger charge is -2.05. The van der Waals surface area contributed by atoms with Crippen LogP contribution in [0.25, 0.3) is 6.08 Å². The van der Waals surface area contributed by atoms with Crippen LogP contribution in [0.15, 0.2) is 47.1 Å². The Kier molecular flexibility index (Phi) is 3.82. The minimum absolute atomic E-state index is 0.118. The van der Waals surface area contributed by atoms with E-state index >= 15 is 0 Å². The highest BCUT2D eigenvalue weighted by molar-refractivity contribution is 6.32. The molecule has 0 atom stereocenters. The monoisotopic (exact) mass is 357 g/mol. The molecule has 0 saturated carbocycles. The molecule has 126 valence electrons. The van der Waals surface area contributed by atoms with Gasteiger partial charge in [-0.25, -0.2) is 9.79 Å². The molecule has 0 spiro atoms. The number of aliphatic imine (C=N–C) groups is 1. The minimum Gasteiger partial charge on any atom is -0.496 e. The van der Waals surface area contributed by atoms with E-state index in [0.717, 1.165) is 0 Å². The normalized spacial score (nSPS) is 16.8. The highest BCUT2D eigenvalue weighted by Crippen LogP contribution is 2.40. The largest absolute Gasteiger partial charge is 0.496 e. The number of ether oxygens (including phenoxy) is 4. The summed E-state index contributed by atoms with van der Waals surface area (Å²) in [5, 5.41) is 0.405. The second-order valence-corrected chi connectivity index (χ2v) is 5.68. The number of benzene rings is 2. The van der Waals surface area contributed by atoms with Crippen LogP contribution >= 0.6 is 11.6 Å². The predicted octanol–water partition coefficient (Wildman–Crippen LogP) is 3.42. The van der Waals surface area contributed by atoms with Gasteiger partial charge >= 0.3 is 5.97 Å². The molecule has 7 heteroatoms. The molecule has 0 bridgehead atoms. The van der Waals surface area contributed by atoms with Crippen molar-refractivity contribution >= 4 is 29.5 Å². The number of methoxy groups -OCH3 is 1. The van der Waals surface area contributed by atoms with Crippen molar-refractivity contribution in [3.63, 3.8) is 0 Å². The molecule has 0 saturated heterocycles. The Morgan fingerprint density at radius 3 is 2.92 bits per heavy atom. The Labute approximate surface area is 148 Å². The summed E-state index contributed by atoms with van der Waals surface area (Å²) in [5.74, 6) is 1.24. The highest BCUT2D eigenvalue weighted by Gasteiger charge is 2.26. The number of fused-ring (bicyclic) bond motifs is 1. The van der Waals surface area contributed by atoms with Gasteiger partial charge in [0.2, 0.25) is 12.7 Å². The number of hydrogen-bond acceptors (Lipinski definition) is 6. The van der Waals surface area contributed by atoms with Crippen molar-refractivity contribution in [3.05, 3.63) is 58.2 Å². The van der Waals surface area contributed by atoms with E-state index in [1.54, 1.807) is 37.5 Å². The van der Waals surface area contributed by atoms with E-state index < -0.39 is 5.97 Å². The quantitative estimate of drug-likeness (QED) is 0.622. The van der Waals surface area contributed by atoms with Gasteiger partial charge in [0.1, 0.15) is 5.75 Å². The molecule has 2 aliphatic heterocycles. The van der Waals surface area contributed by atoms with Crippen molar-refractivity contribution in [1.29, 1.82) is 0 Å². The molecule has 0 amide bonds. The number of rotatable bonds is 3. The van der Waals surface area contributed by atoms with Crippen LogP contribution in [-0.2, 0) is 9.53 Å². The van der Waals surface area contributed by atoms with E-state index in [2.05, 4.69) is 4.99 Å². The zero-order valence-corrected chi connectivity index (χ0v) is 13.9. The molecule has 0 aromatic heterocycles. The smallest absolute Gasteiger partial charge is 0.363 e. The molecule has 6 nitrogen and oxygen atoms in total. The number of nitrogens with zero attached hydrogens (tertiary/aromatic N) is 1. The van der Waals surface area contributed by atoms with Crippen LogP contribution in [0, 0.1) is 0 Å². The molecule has 0 fully saturated rings. The van der Waals surface area contributed by atoms with E-state index in [1.165, 1.54) is 0 Å². The van der Waals surface area contributed by atoms with Crippen LogP contribution in [0.2, 0.25) is 5.02 Å². The fraction of sp³-hybridized carbons (Fsp3) is 0.111. The maximum absolute atomic E-state index is 12.1. The number of cyclic esters (lactones) is 1. The highest BCUT2D eigenvalue weighted by atomic mass is 35.5. The number of carbonyl (C=O) groups excluding carboxylic acids is 1. The SMILES string of the molecule is COc1ccccc1C1=N/C(=C\c2cc(Cl)c3c(c2)OCO3)C(=O)O1. The van der Waals surface area contributed by atoms with Gasteiger partial charge in [-0.05, 0) is 35.9 Å². The molecule has 2 aromatic carbocycles. The van der Waals surface area contributed by atoms with Crippen molar-refractivity contribution in [2.24, 2.45) is 4.99 Å². The lowest BCUT2D eigenvalue weighted by atomic mass is 10.1. The minimum atomic E-state index is -0.547. The molecule has 0 N–H and O–H groups in total. The zero-order chi connectivity index (χ0) is 17.4. The summed E-state index contributed by atoms with van der Waals surface area (Å²) in [6.45, 7) is 0.118. The van der Waals surface area contributed by atoms with Gasteiger partial charge in [0, 0.05) is 0 Å². The third-order valence-corrected chi connectivity index (χ3v) is 3.99. The standard InChI is InChI=1S/C18H12ClNO5/c1-22-14-5-3-2-4-11(14)17-20-13(18(21)25-17)7-10-6-12(19)16-15(8-10)23-9-24-16/h2-8H,9H2,1H3/b13-7-. The van der Waals surface area contributed by atoms with Crippen LogP contribution in [-0.4, -0.2) is 25.8 Å². The Hall–Kier alpha value is -2.99. The third-order valence-electron chi connectivity index (χ3n) is 3.71. The molecule has 2 aromatic rings. The van der Waals surface area contributed by atoms with Crippen LogP contribution in [0.3, 0.4) is 0 Å². The van der Waals surface area contributed by atoms with Gasteiger partial charge in [-0.3, -0.25) is 0 Å². The maximum Gasteiger partial charge on any atom is 0.363 e. The third kappa shape index (κ3) is 2.81. The van der Waals surface area contributed by atoms with Crippen molar-refractivity contribution in [3.8, 4) is 17.2 Å². The summed E-state index contributed by atoms with van der Waals surface area (Å²) in [5.41, 5.74) is 1.42. The van der Waals surface area contributed by atoms with E-state index in [1.807, 2.05) is 12.1 Å². The van der Waals surface area contributed by atoms with Gasteiger partial charge in [0.05, 0.1) is 17.7 Å². The van der Waals surface area contributed by atoms with E-state index in [9.17, 15) is 4.79 Å². The summed E-state index contributed by atoms with van der Waals surface area (Å²) in [7, 11) is 1.54. The summed E-state index contributed by atoms with van der Waals surface area (Å²) in [6, 6.07) is 10.6. The first-order valence-electron chi connectivity index (χ1n) is 7.41. The number of para-hydroxylation sites is 1. The molecular weight excluding hydrogens is 346 g/mol. The topological polar surface area (TPSA) is 66.3 Å². The number of carbonyl (C=O) groups is 1. The summed E-state index contributed by atoms with van der Waals surface area (Å²) in [6.07, 6.45) is 1.58. The summed E-state index contributed by atoms with van der Waals surface area (Å²) < 4.78 is 21.1. The van der Waals surface area contributed by atoms with Crippen LogP contribution in [0.5, 0.6) is 17.2 Å². The Bertz CT molecular complexity index is 935. The first-order chi connectivity index (χ1) is 12.2. The van der Waals surface area contributed by atoms with E-state index in [4.69, 9.17) is 30.5 Å². The first-order valence-corrected chi connectivity index (χ1v) is 7.78. The van der Waals surface area contributed by atoms with E-state index in [-0.39, 0.29) is 18.4 Å². The van der Waals surface area contributed by atoms with Crippen LogP contribution < -0.4 is 14.2 Å². The first kappa shape index (κ1) is 15.5. The fourth-order valence-corrected chi connectivity index (χ4v) is 2.85. The molecular formula is C18H12ClNO5. The molecule has 0 radical (unpaired) electrons. The molecule has 2 aliphatic rings. The van der Waals surface area contributed by atoms with Gasteiger partial charge in [0.25, 0.3) is 0 Å². The fourth-order valence-electron chi connectivity index (χ4n) is 2.57. The Morgan fingerprint density at radius 2 is 2.08 bits per heavy atom. The predicted molar refractivity (Wildman–Crippen MR) is 91.2 cm³/mol. The second-order valence-electron chi connectivity index (χ2n) is 5.27. The summed E-state index contributed by atoms with van der Waals surface area (Å²) >= 11 is 6.16. The van der Waals surface area contributed by atoms with Crippen molar-refractivity contribution in [2.45, 2.75) is 0 Å². The molecule has 4 rings (SSSR count). The van der Waals surface area contributed by atoms with Gasteiger partial charge in [-0.2, -0.15) is 0 Å². The lowest BCUT2D eigenvalue weighted by Crippen LogP contribution is -2.06. The van der Waals surface area contributed by atoms with Crippen molar-refractivity contribution in [1.82, 2.24) is 0 Å². The molecule has 0 aliphatic carbocycles. The van der Waals surface area contributed by atoms with Gasteiger partial charge < -0.3 is 18.9 Å². The Balaban J connectivity index is 1.71. The molecule has 2 heterocycles. The van der Waals surface area contributed by atoms with Crippen LogP contribution in [0.1, 0.15) is 11.1 Å². The van der Waals surface area contributed by atoms with Gasteiger partial charge in [-0.15, -0.1) is 0 Å². The number of halogens is 1. The molecule has 0 unspecified atom stereocenters. The average Bonchev–Trinajstić information content (AvgIpc) is 3.22. The van der Waals surface area contributed by atoms with Crippen molar-refractivity contribution in [2.75, 3.05) is 13.9 Å². The second kappa shape index (κ2) is 6.14. The number of hydrogen-bond donors (Lipinski definition) is 0. The van der Waals surface area contributed by atoms with Crippen molar-refractivity contribution < 1.29 is 23.7 Å². The summed E-state index contributed by atoms with van der Waals surface area (Å²) in [4.78, 5) is 16.4.